The van der Waals surface area contributed by atoms with Crippen LogP contribution in [0.2, 0.25) is 0 Å². The smallest absolute Gasteiger partial charge is 0.229 e. The van der Waals surface area contributed by atoms with Crippen molar-refractivity contribution in [2.24, 2.45) is 0 Å². The minimum Gasteiger partial charge on any atom is -0.229 e. The van der Waals surface area contributed by atoms with Gasteiger partial charge >= 0.3 is 0 Å². The average Bonchev–Trinajstić information content (AvgIpc) is 2.48. The third-order valence-corrected chi connectivity index (χ3v) is 7.45. The van der Waals surface area contributed by atoms with Crippen LogP contribution in [0.3, 0.4) is 0 Å². The van der Waals surface area contributed by atoms with Crippen molar-refractivity contribution in [1.82, 2.24) is 4.72 Å². The normalized spacial score (nSPS) is 25.1. The van der Waals surface area contributed by atoms with Gasteiger partial charge in [0.15, 0.2) is 9.84 Å². The molecular formula is C12H15ClFNO4S2. The number of rotatable bonds is 3. The lowest BCUT2D eigenvalue weighted by Gasteiger charge is -2.17. The van der Waals surface area contributed by atoms with Gasteiger partial charge in [-0.25, -0.2) is 25.9 Å². The first-order chi connectivity index (χ1) is 9.52. The molecule has 21 heavy (non-hydrogen) atoms. The summed E-state index contributed by atoms with van der Waals surface area (Å²) < 4.78 is 63.4. The summed E-state index contributed by atoms with van der Waals surface area (Å²) in [5, 5.41) is -0.814. The molecule has 0 saturated carbocycles. The lowest BCUT2D eigenvalue weighted by atomic mass is 10.1. The number of aryl methyl sites for hydroxylation is 2. The van der Waals surface area contributed by atoms with E-state index in [2.05, 4.69) is 4.72 Å². The predicted molar refractivity (Wildman–Crippen MR) is 78.3 cm³/mol. The van der Waals surface area contributed by atoms with Crippen molar-refractivity contribution in [2.45, 2.75) is 30.2 Å². The van der Waals surface area contributed by atoms with Crippen LogP contribution in [0.15, 0.2) is 17.0 Å². The van der Waals surface area contributed by atoms with E-state index in [0.717, 1.165) is 12.1 Å². The summed E-state index contributed by atoms with van der Waals surface area (Å²) >= 11 is 5.89. The number of benzene rings is 1. The fourth-order valence-electron chi connectivity index (χ4n) is 2.49. The molecule has 2 unspecified atom stereocenters. The molecule has 1 aromatic rings. The molecule has 5 nitrogen and oxygen atoms in total. The van der Waals surface area contributed by atoms with Crippen molar-refractivity contribution < 1.29 is 21.2 Å². The molecule has 9 heteroatoms. The minimum absolute atomic E-state index is 0.0444. The van der Waals surface area contributed by atoms with Crippen molar-refractivity contribution in [3.05, 3.63) is 29.1 Å². The van der Waals surface area contributed by atoms with Crippen molar-refractivity contribution in [3.63, 3.8) is 0 Å². The molecule has 118 valence electrons. The highest BCUT2D eigenvalue weighted by molar-refractivity contribution is 7.92. The zero-order valence-electron chi connectivity index (χ0n) is 11.4. The van der Waals surface area contributed by atoms with Gasteiger partial charge in [-0.1, -0.05) is 0 Å². The molecule has 1 aliphatic heterocycles. The highest BCUT2D eigenvalue weighted by Gasteiger charge is 2.39. The van der Waals surface area contributed by atoms with E-state index < -0.39 is 37.1 Å². The van der Waals surface area contributed by atoms with Gasteiger partial charge < -0.3 is 0 Å². The number of sulfonamides is 1. The van der Waals surface area contributed by atoms with E-state index in [1.807, 2.05) is 0 Å². The van der Waals surface area contributed by atoms with Gasteiger partial charge in [0.1, 0.15) is 5.82 Å². The van der Waals surface area contributed by atoms with E-state index >= 15 is 0 Å². The third-order valence-electron chi connectivity index (χ3n) is 3.28. The highest BCUT2D eigenvalue weighted by Crippen LogP contribution is 2.24. The van der Waals surface area contributed by atoms with E-state index in [0.29, 0.717) is 0 Å². The maximum Gasteiger partial charge on any atom is 0.241 e. The van der Waals surface area contributed by atoms with Crippen LogP contribution >= 0.6 is 11.6 Å². The minimum atomic E-state index is -3.97. The van der Waals surface area contributed by atoms with E-state index in [4.69, 9.17) is 11.6 Å². The molecular weight excluding hydrogens is 341 g/mol. The van der Waals surface area contributed by atoms with Crippen LogP contribution in [-0.2, 0) is 19.9 Å². The van der Waals surface area contributed by atoms with E-state index in [1.54, 1.807) is 0 Å². The summed E-state index contributed by atoms with van der Waals surface area (Å²) in [4.78, 5) is -0.0444. The van der Waals surface area contributed by atoms with Crippen molar-refractivity contribution in [1.29, 1.82) is 0 Å². The van der Waals surface area contributed by atoms with Crippen molar-refractivity contribution in [2.75, 3.05) is 11.5 Å². The molecule has 1 N–H and O–H groups in total. The van der Waals surface area contributed by atoms with E-state index in [1.165, 1.54) is 13.8 Å². The summed E-state index contributed by atoms with van der Waals surface area (Å²) in [6.45, 7) is 2.96. The van der Waals surface area contributed by atoms with Crippen LogP contribution in [0, 0.1) is 19.7 Å². The van der Waals surface area contributed by atoms with Crippen molar-refractivity contribution in [3.8, 4) is 0 Å². The Morgan fingerprint density at radius 2 is 1.76 bits per heavy atom. The zero-order valence-corrected chi connectivity index (χ0v) is 13.8. The van der Waals surface area contributed by atoms with Crippen LogP contribution in [0.25, 0.3) is 0 Å². The monoisotopic (exact) mass is 355 g/mol. The Kier molecular flexibility index (Phi) is 4.36. The predicted octanol–water partition coefficient (Wildman–Crippen LogP) is 1.13. The number of nitrogens with one attached hydrogen (secondary N) is 1. The Morgan fingerprint density at radius 1 is 1.24 bits per heavy atom. The molecule has 0 radical (unpaired) electrons. The Morgan fingerprint density at radius 3 is 2.19 bits per heavy atom. The number of hydrogen-bond acceptors (Lipinski definition) is 4. The van der Waals surface area contributed by atoms with Gasteiger partial charge in [0.25, 0.3) is 0 Å². The van der Waals surface area contributed by atoms with Gasteiger partial charge in [0.2, 0.25) is 10.0 Å². The molecule has 1 aromatic carbocycles. The third kappa shape index (κ3) is 3.56. The summed E-state index contributed by atoms with van der Waals surface area (Å²) in [5.74, 6) is -1.12. The second-order valence-electron chi connectivity index (χ2n) is 5.19. The first-order valence-electron chi connectivity index (χ1n) is 6.15. The van der Waals surface area contributed by atoms with Gasteiger partial charge in [-0.3, -0.25) is 0 Å². The second-order valence-corrected chi connectivity index (χ2v) is 9.55. The Bertz CT molecular complexity index is 753. The molecule has 2 atom stereocenters. The van der Waals surface area contributed by atoms with Crippen LogP contribution in [0.4, 0.5) is 4.39 Å². The molecule has 0 bridgehead atoms. The SMILES string of the molecule is Cc1cc(F)cc(C)c1S(=O)(=O)NC1CS(=O)(=O)CC1Cl. The first kappa shape index (κ1) is 16.7. The fourth-order valence-corrected chi connectivity index (χ4v) is 6.95. The zero-order chi connectivity index (χ0) is 16.0. The van der Waals surface area contributed by atoms with Crippen LogP contribution in [0.5, 0.6) is 0 Å². The second kappa shape index (κ2) is 5.49. The Labute approximate surface area is 128 Å². The molecule has 1 heterocycles. The molecule has 0 aromatic heterocycles. The quantitative estimate of drug-likeness (QED) is 0.824. The lowest BCUT2D eigenvalue weighted by Crippen LogP contribution is -2.41. The average molecular weight is 356 g/mol. The summed E-state index contributed by atoms with van der Waals surface area (Å²) in [6.07, 6.45) is 0. The summed E-state index contributed by atoms with van der Waals surface area (Å²) in [5.41, 5.74) is 0.513. The molecule has 1 aliphatic rings. The Hall–Kier alpha value is -0.700. The van der Waals surface area contributed by atoms with Crippen LogP contribution in [-0.4, -0.2) is 39.8 Å². The topological polar surface area (TPSA) is 80.3 Å². The number of alkyl halides is 1. The number of halogens is 2. The maximum absolute atomic E-state index is 13.2. The van der Waals surface area contributed by atoms with E-state index in [-0.39, 0.29) is 27.5 Å². The Balaban J connectivity index is 2.37. The van der Waals surface area contributed by atoms with Crippen molar-refractivity contribution >= 4 is 31.5 Å². The summed E-state index contributed by atoms with van der Waals surface area (Å²) in [6, 6.07) is 1.35. The lowest BCUT2D eigenvalue weighted by molar-refractivity contribution is 0.561. The van der Waals surface area contributed by atoms with Gasteiger partial charge in [-0.2, -0.15) is 0 Å². The van der Waals surface area contributed by atoms with Gasteiger partial charge in [-0.15, -0.1) is 11.6 Å². The number of hydrogen-bond donors (Lipinski definition) is 1. The van der Waals surface area contributed by atoms with E-state index in [9.17, 15) is 21.2 Å². The molecule has 1 fully saturated rings. The molecule has 2 rings (SSSR count). The standard InChI is InChI=1S/C12H15ClFNO4S2/c1-7-3-9(14)4-8(2)12(7)21(18,19)15-11-6-20(16,17)5-10(11)13/h3-4,10-11,15H,5-6H2,1-2H3. The van der Waals surface area contributed by atoms with Gasteiger partial charge in [0, 0.05) is 0 Å². The fraction of sp³-hybridized carbons (Fsp3) is 0.500. The maximum atomic E-state index is 13.2. The highest BCUT2D eigenvalue weighted by atomic mass is 35.5. The van der Waals surface area contributed by atoms with Crippen LogP contribution < -0.4 is 4.72 Å². The molecule has 1 saturated heterocycles. The molecule has 0 aliphatic carbocycles. The van der Waals surface area contributed by atoms with Gasteiger partial charge in [-0.05, 0) is 37.1 Å². The van der Waals surface area contributed by atoms with Crippen LogP contribution in [0.1, 0.15) is 11.1 Å². The molecule has 0 amide bonds. The molecule has 0 spiro atoms. The van der Waals surface area contributed by atoms with Gasteiger partial charge in [0.05, 0.1) is 27.8 Å². The largest absolute Gasteiger partial charge is 0.241 e. The number of sulfone groups is 1. The first-order valence-corrected chi connectivity index (χ1v) is 9.89. The summed E-state index contributed by atoms with van der Waals surface area (Å²) in [7, 11) is -7.32.